The Bertz CT molecular complexity index is 217. The average molecular weight is 212 g/mol. The van der Waals surface area contributed by atoms with Crippen molar-refractivity contribution in [3.05, 3.63) is 12.2 Å². The van der Waals surface area contributed by atoms with Gasteiger partial charge < -0.3 is 4.74 Å². The highest BCUT2D eigenvalue weighted by Crippen LogP contribution is 2.20. The first-order valence-corrected chi connectivity index (χ1v) is 5.79. The zero-order valence-corrected chi connectivity index (χ0v) is 10.6. The van der Waals surface area contributed by atoms with Crippen LogP contribution >= 0.6 is 0 Å². The van der Waals surface area contributed by atoms with Crippen LogP contribution < -0.4 is 0 Å². The lowest BCUT2D eigenvalue weighted by Gasteiger charge is -2.25. The molecule has 0 aromatic heterocycles. The Morgan fingerprint density at radius 1 is 1.27 bits per heavy atom. The van der Waals surface area contributed by atoms with Crippen LogP contribution in [0.4, 0.5) is 0 Å². The second-order valence-corrected chi connectivity index (χ2v) is 4.54. The molecule has 15 heavy (non-hydrogen) atoms. The molecule has 0 unspecified atom stereocenters. The molecule has 0 rings (SSSR count). The molecule has 0 saturated carbocycles. The van der Waals surface area contributed by atoms with Crippen molar-refractivity contribution in [2.45, 2.75) is 65.4 Å². The van der Waals surface area contributed by atoms with E-state index in [9.17, 15) is 4.79 Å². The van der Waals surface area contributed by atoms with Gasteiger partial charge >= 0.3 is 5.97 Å². The summed E-state index contributed by atoms with van der Waals surface area (Å²) in [6, 6.07) is 0. The number of ether oxygens (including phenoxy) is 1. The van der Waals surface area contributed by atoms with Gasteiger partial charge in [-0.15, -0.1) is 0 Å². The molecule has 0 aromatic carbocycles. The minimum atomic E-state index is -0.332. The molecule has 0 aromatic rings. The molecule has 2 nitrogen and oxygen atoms in total. The van der Waals surface area contributed by atoms with Crippen molar-refractivity contribution in [2.24, 2.45) is 0 Å². The van der Waals surface area contributed by atoms with Gasteiger partial charge in [0.25, 0.3) is 0 Å². The zero-order valence-electron chi connectivity index (χ0n) is 10.6. The minimum Gasteiger partial charge on any atom is -0.460 e. The fourth-order valence-electron chi connectivity index (χ4n) is 1.37. The van der Waals surface area contributed by atoms with Crippen molar-refractivity contribution in [3.63, 3.8) is 0 Å². The summed E-state index contributed by atoms with van der Waals surface area (Å²) in [4.78, 5) is 11.1. The maximum Gasteiger partial charge on any atom is 0.306 e. The summed E-state index contributed by atoms with van der Waals surface area (Å²) < 4.78 is 5.33. The molecule has 0 aliphatic heterocycles. The maximum absolute atomic E-state index is 11.1. The molecule has 2 heteroatoms. The summed E-state index contributed by atoms with van der Waals surface area (Å²) in [5.74, 6) is -0.116. The van der Waals surface area contributed by atoms with E-state index in [-0.39, 0.29) is 11.6 Å². The summed E-state index contributed by atoms with van der Waals surface area (Å²) in [7, 11) is 0. The van der Waals surface area contributed by atoms with Gasteiger partial charge in [-0.1, -0.05) is 26.0 Å². The fourth-order valence-corrected chi connectivity index (χ4v) is 1.37. The zero-order chi connectivity index (χ0) is 11.9. The van der Waals surface area contributed by atoms with Gasteiger partial charge in [0.15, 0.2) is 0 Å². The van der Waals surface area contributed by atoms with Crippen molar-refractivity contribution < 1.29 is 9.53 Å². The predicted molar refractivity (Wildman–Crippen MR) is 63.7 cm³/mol. The molecule has 0 radical (unpaired) electrons. The summed E-state index contributed by atoms with van der Waals surface area (Å²) in [6.07, 6.45) is 4.46. The second kappa shape index (κ2) is 6.65. The molecule has 0 aliphatic carbocycles. The molecule has 88 valence electrons. The topological polar surface area (TPSA) is 26.3 Å². The first kappa shape index (κ1) is 14.2. The Balaban J connectivity index is 3.83. The van der Waals surface area contributed by atoms with Gasteiger partial charge in [0, 0.05) is 6.42 Å². The lowest BCUT2D eigenvalue weighted by Crippen LogP contribution is -2.27. The van der Waals surface area contributed by atoms with Gasteiger partial charge in [-0.25, -0.2) is 0 Å². The van der Waals surface area contributed by atoms with Crippen molar-refractivity contribution >= 4 is 5.97 Å². The number of allylic oxidation sites excluding steroid dienone is 1. The molecular formula is C13H24O2. The highest BCUT2D eigenvalue weighted by Gasteiger charge is 2.21. The maximum atomic E-state index is 11.1. The van der Waals surface area contributed by atoms with Crippen LogP contribution in [0.15, 0.2) is 12.2 Å². The lowest BCUT2D eigenvalue weighted by atomic mass is 9.98. The third kappa shape index (κ3) is 7.18. The molecule has 0 bridgehead atoms. The first-order chi connectivity index (χ1) is 6.91. The van der Waals surface area contributed by atoms with Crippen molar-refractivity contribution in [2.75, 3.05) is 0 Å². The molecule has 0 N–H and O–H groups in total. The van der Waals surface area contributed by atoms with Crippen LogP contribution in [0.5, 0.6) is 0 Å². The quantitative estimate of drug-likeness (QED) is 0.473. The fraction of sp³-hybridized carbons (Fsp3) is 0.769. The van der Waals surface area contributed by atoms with Gasteiger partial charge in [0.2, 0.25) is 0 Å². The Morgan fingerprint density at radius 3 is 2.33 bits per heavy atom. The van der Waals surface area contributed by atoms with Crippen LogP contribution in [0.25, 0.3) is 0 Å². The molecule has 0 aliphatic rings. The number of esters is 1. The Labute approximate surface area is 93.7 Å². The van der Waals surface area contributed by atoms with E-state index in [0.717, 1.165) is 25.7 Å². The molecule has 0 fully saturated rings. The van der Waals surface area contributed by atoms with Crippen LogP contribution in [-0.2, 0) is 9.53 Å². The van der Waals surface area contributed by atoms with Gasteiger partial charge in [-0.2, -0.15) is 0 Å². The van der Waals surface area contributed by atoms with E-state index in [1.54, 1.807) is 0 Å². The van der Waals surface area contributed by atoms with Gasteiger partial charge in [-0.3, -0.25) is 4.79 Å². The molecule has 0 spiro atoms. The third-order valence-corrected chi connectivity index (χ3v) is 2.49. The number of carbonyl (C=O) groups is 1. The highest BCUT2D eigenvalue weighted by atomic mass is 16.6. The van der Waals surface area contributed by atoms with E-state index < -0.39 is 0 Å². The van der Waals surface area contributed by atoms with Crippen LogP contribution in [-0.4, -0.2) is 11.6 Å². The number of hydrogen-bond donors (Lipinski definition) is 0. The van der Waals surface area contributed by atoms with Gasteiger partial charge in [0.05, 0.1) is 0 Å². The van der Waals surface area contributed by atoms with Gasteiger partial charge in [-0.05, 0) is 39.5 Å². The average Bonchev–Trinajstić information content (AvgIpc) is 2.16. The molecule has 0 amide bonds. The van der Waals surface area contributed by atoms with Crippen molar-refractivity contribution in [1.29, 1.82) is 0 Å². The van der Waals surface area contributed by atoms with Crippen LogP contribution in [0.3, 0.4) is 0 Å². The monoisotopic (exact) mass is 212 g/mol. The van der Waals surface area contributed by atoms with E-state index in [2.05, 4.69) is 13.5 Å². The van der Waals surface area contributed by atoms with E-state index in [0.29, 0.717) is 6.42 Å². The van der Waals surface area contributed by atoms with Crippen LogP contribution in [0.2, 0.25) is 0 Å². The standard InChI is InChI=1S/C13H24O2/c1-6-11(3)9-8-10-13(4,5)15-12(14)7-2/h3,6-10H2,1-2,4-5H3. The number of carbonyl (C=O) groups excluding carboxylic acids is 1. The predicted octanol–water partition coefficient (Wildman–Crippen LogP) is 3.85. The van der Waals surface area contributed by atoms with E-state index in [4.69, 9.17) is 4.74 Å². The lowest BCUT2D eigenvalue weighted by molar-refractivity contribution is -0.156. The second-order valence-electron chi connectivity index (χ2n) is 4.54. The normalized spacial score (nSPS) is 11.2. The summed E-state index contributed by atoms with van der Waals surface area (Å²) in [6.45, 7) is 11.8. The van der Waals surface area contributed by atoms with E-state index in [1.165, 1.54) is 5.57 Å². The summed E-state index contributed by atoms with van der Waals surface area (Å²) in [5.41, 5.74) is 0.939. The SMILES string of the molecule is C=C(CC)CCCC(C)(C)OC(=O)CC. The van der Waals surface area contributed by atoms with Crippen molar-refractivity contribution in [3.8, 4) is 0 Å². The Hall–Kier alpha value is -0.790. The number of hydrogen-bond acceptors (Lipinski definition) is 2. The number of rotatable bonds is 7. The summed E-state index contributed by atoms with van der Waals surface area (Å²) >= 11 is 0. The highest BCUT2D eigenvalue weighted by molar-refractivity contribution is 5.69. The van der Waals surface area contributed by atoms with Crippen LogP contribution in [0, 0.1) is 0 Å². The molecule has 0 saturated heterocycles. The Kier molecular flexibility index (Phi) is 6.30. The van der Waals surface area contributed by atoms with E-state index in [1.807, 2.05) is 20.8 Å². The summed E-state index contributed by atoms with van der Waals surface area (Å²) in [5, 5.41) is 0. The minimum absolute atomic E-state index is 0.116. The molecule has 0 heterocycles. The largest absolute Gasteiger partial charge is 0.460 e. The third-order valence-electron chi connectivity index (χ3n) is 2.49. The molecule has 0 atom stereocenters. The van der Waals surface area contributed by atoms with E-state index >= 15 is 0 Å². The van der Waals surface area contributed by atoms with Gasteiger partial charge in [0.1, 0.15) is 5.60 Å². The molecular weight excluding hydrogens is 188 g/mol. The Morgan fingerprint density at radius 2 is 1.87 bits per heavy atom. The van der Waals surface area contributed by atoms with Crippen molar-refractivity contribution in [1.82, 2.24) is 0 Å². The smallest absolute Gasteiger partial charge is 0.306 e. The van der Waals surface area contributed by atoms with Crippen LogP contribution in [0.1, 0.15) is 59.8 Å². The first-order valence-electron chi connectivity index (χ1n) is 5.79.